The van der Waals surface area contributed by atoms with Gasteiger partial charge in [0.1, 0.15) is 5.75 Å². The van der Waals surface area contributed by atoms with Gasteiger partial charge in [-0.25, -0.2) is 0 Å². The third-order valence-electron chi connectivity index (χ3n) is 5.48. The molecule has 0 unspecified atom stereocenters. The SMILES string of the molecule is CCNC(=NCCCNC(=O)c1cccc(O)c1)N1CCC2(CCC2)C1.I. The molecule has 0 radical (unpaired) electrons. The fraction of sp³-hybridized carbons (Fsp3) is 0.600. The van der Waals surface area contributed by atoms with Crippen molar-refractivity contribution in [3.05, 3.63) is 29.8 Å². The third-order valence-corrected chi connectivity index (χ3v) is 5.48. The third kappa shape index (κ3) is 5.73. The second-order valence-corrected chi connectivity index (χ2v) is 7.42. The summed E-state index contributed by atoms with van der Waals surface area (Å²) < 4.78 is 0. The van der Waals surface area contributed by atoms with E-state index in [1.807, 2.05) is 0 Å². The minimum absolute atomic E-state index is 0. The van der Waals surface area contributed by atoms with Crippen LogP contribution in [0.5, 0.6) is 5.75 Å². The summed E-state index contributed by atoms with van der Waals surface area (Å²) in [5.74, 6) is 0.950. The zero-order valence-corrected chi connectivity index (χ0v) is 18.4. The molecule has 27 heavy (non-hydrogen) atoms. The molecule has 1 saturated carbocycles. The number of amides is 1. The normalized spacial score (nSPS) is 18.0. The van der Waals surface area contributed by atoms with E-state index in [0.29, 0.717) is 24.1 Å². The number of aliphatic imine (C=N–C) groups is 1. The number of likely N-dealkylation sites (tertiary alicyclic amines) is 1. The van der Waals surface area contributed by atoms with Crippen molar-refractivity contribution in [2.75, 3.05) is 32.7 Å². The highest BCUT2D eigenvalue weighted by Gasteiger charge is 2.43. The molecular formula is C20H31IN4O2. The van der Waals surface area contributed by atoms with Gasteiger partial charge in [-0.3, -0.25) is 9.79 Å². The Morgan fingerprint density at radius 3 is 2.74 bits per heavy atom. The number of hydrogen-bond acceptors (Lipinski definition) is 3. The van der Waals surface area contributed by atoms with Crippen molar-refractivity contribution in [3.63, 3.8) is 0 Å². The summed E-state index contributed by atoms with van der Waals surface area (Å²) in [6.07, 6.45) is 6.18. The Balaban J connectivity index is 0.00000261. The molecule has 3 rings (SSSR count). The first kappa shape index (κ1) is 21.8. The van der Waals surface area contributed by atoms with Gasteiger partial charge in [0.2, 0.25) is 0 Å². The molecule has 2 fully saturated rings. The number of hydrogen-bond donors (Lipinski definition) is 3. The molecule has 1 aliphatic heterocycles. The Bertz CT molecular complexity index is 661. The lowest BCUT2D eigenvalue weighted by Crippen LogP contribution is -2.42. The van der Waals surface area contributed by atoms with E-state index in [9.17, 15) is 9.90 Å². The second-order valence-electron chi connectivity index (χ2n) is 7.42. The molecule has 0 atom stereocenters. The zero-order valence-electron chi connectivity index (χ0n) is 16.0. The average Bonchev–Trinajstić information content (AvgIpc) is 3.06. The maximum atomic E-state index is 12.0. The van der Waals surface area contributed by atoms with Crippen molar-refractivity contribution < 1.29 is 9.90 Å². The smallest absolute Gasteiger partial charge is 0.251 e. The fourth-order valence-electron chi connectivity index (χ4n) is 3.84. The van der Waals surface area contributed by atoms with E-state index in [1.54, 1.807) is 18.2 Å². The number of nitrogens with one attached hydrogen (secondary N) is 2. The molecule has 1 aromatic carbocycles. The lowest BCUT2D eigenvalue weighted by atomic mass is 9.68. The van der Waals surface area contributed by atoms with Crippen LogP contribution in [0.4, 0.5) is 0 Å². The van der Waals surface area contributed by atoms with Crippen molar-refractivity contribution >= 4 is 35.8 Å². The number of halogens is 1. The Hall–Kier alpha value is -1.51. The summed E-state index contributed by atoms with van der Waals surface area (Å²) in [5.41, 5.74) is 1.04. The van der Waals surface area contributed by atoms with Crippen molar-refractivity contribution in [3.8, 4) is 5.75 Å². The molecule has 1 saturated heterocycles. The van der Waals surface area contributed by atoms with Gasteiger partial charge in [-0.15, -0.1) is 24.0 Å². The number of aromatic hydroxyl groups is 1. The van der Waals surface area contributed by atoms with Crippen LogP contribution in [0.2, 0.25) is 0 Å². The van der Waals surface area contributed by atoms with E-state index >= 15 is 0 Å². The lowest BCUT2D eigenvalue weighted by molar-refractivity contribution is 0.0953. The monoisotopic (exact) mass is 486 g/mol. The second kappa shape index (κ2) is 10.1. The molecule has 1 amide bonds. The van der Waals surface area contributed by atoms with Crippen LogP contribution in [0.25, 0.3) is 0 Å². The summed E-state index contributed by atoms with van der Waals surface area (Å²) in [7, 11) is 0. The van der Waals surface area contributed by atoms with Gasteiger partial charge in [0.05, 0.1) is 0 Å². The molecular weight excluding hydrogens is 455 g/mol. The zero-order chi connectivity index (χ0) is 18.4. The number of nitrogens with zero attached hydrogens (tertiary/aromatic N) is 2. The molecule has 1 heterocycles. The quantitative estimate of drug-likeness (QED) is 0.250. The maximum absolute atomic E-state index is 12.0. The van der Waals surface area contributed by atoms with Crippen LogP contribution in [0.3, 0.4) is 0 Å². The molecule has 0 aromatic heterocycles. The first-order valence-corrected chi connectivity index (χ1v) is 9.72. The van der Waals surface area contributed by atoms with E-state index in [1.165, 1.54) is 31.7 Å². The predicted octanol–water partition coefficient (Wildman–Crippen LogP) is 2.97. The molecule has 0 bridgehead atoms. The van der Waals surface area contributed by atoms with Crippen LogP contribution >= 0.6 is 24.0 Å². The van der Waals surface area contributed by atoms with Crippen LogP contribution in [0.15, 0.2) is 29.3 Å². The molecule has 6 nitrogen and oxygen atoms in total. The standard InChI is InChI=1S/C20H30N4O2.HI/c1-2-21-19(24-13-10-20(15-24)8-4-9-20)23-12-5-11-22-18(26)16-6-3-7-17(25)14-16;/h3,6-7,14,25H,2,4-5,8-13,15H2,1H3,(H,21,23)(H,22,26);1H. The summed E-state index contributed by atoms with van der Waals surface area (Å²) in [6, 6.07) is 6.39. The van der Waals surface area contributed by atoms with Gasteiger partial charge in [-0.2, -0.15) is 0 Å². The summed E-state index contributed by atoms with van der Waals surface area (Å²) >= 11 is 0. The van der Waals surface area contributed by atoms with Crippen LogP contribution in [0.1, 0.15) is 49.4 Å². The summed E-state index contributed by atoms with van der Waals surface area (Å²) in [5, 5.41) is 15.7. The van der Waals surface area contributed by atoms with Crippen molar-refractivity contribution in [1.29, 1.82) is 0 Å². The topological polar surface area (TPSA) is 77.0 Å². The highest BCUT2D eigenvalue weighted by molar-refractivity contribution is 14.0. The predicted molar refractivity (Wildman–Crippen MR) is 119 cm³/mol. The van der Waals surface area contributed by atoms with Gasteiger partial charge in [0.25, 0.3) is 5.91 Å². The number of phenols is 1. The van der Waals surface area contributed by atoms with Crippen molar-refractivity contribution in [1.82, 2.24) is 15.5 Å². The molecule has 150 valence electrons. The van der Waals surface area contributed by atoms with E-state index in [2.05, 4.69) is 22.5 Å². The Labute approximate surface area is 178 Å². The van der Waals surface area contributed by atoms with Crippen LogP contribution in [-0.2, 0) is 0 Å². The molecule has 3 N–H and O–H groups in total. The first-order valence-electron chi connectivity index (χ1n) is 9.72. The number of benzene rings is 1. The maximum Gasteiger partial charge on any atom is 0.251 e. The first-order chi connectivity index (χ1) is 12.6. The van der Waals surface area contributed by atoms with Crippen LogP contribution < -0.4 is 10.6 Å². The summed E-state index contributed by atoms with van der Waals surface area (Å²) in [4.78, 5) is 19.2. The fourth-order valence-corrected chi connectivity index (χ4v) is 3.84. The minimum atomic E-state index is -0.164. The van der Waals surface area contributed by atoms with Gasteiger partial charge in [0, 0.05) is 38.3 Å². The van der Waals surface area contributed by atoms with Crippen LogP contribution in [-0.4, -0.2) is 54.6 Å². The number of carbonyl (C=O) groups is 1. The van der Waals surface area contributed by atoms with Gasteiger partial charge in [0.15, 0.2) is 5.96 Å². The molecule has 1 spiro atoms. The number of guanidine groups is 1. The van der Waals surface area contributed by atoms with Gasteiger partial charge >= 0.3 is 0 Å². The Morgan fingerprint density at radius 2 is 2.11 bits per heavy atom. The van der Waals surface area contributed by atoms with E-state index in [0.717, 1.165) is 32.0 Å². The summed E-state index contributed by atoms with van der Waals surface area (Å²) in [6.45, 7) is 6.46. The van der Waals surface area contributed by atoms with E-state index in [-0.39, 0.29) is 35.6 Å². The number of phenolic OH excluding ortho intramolecular Hbond substituents is 1. The number of rotatable bonds is 6. The highest BCUT2D eigenvalue weighted by Crippen LogP contribution is 2.47. The molecule has 2 aliphatic rings. The minimum Gasteiger partial charge on any atom is -0.508 e. The van der Waals surface area contributed by atoms with Crippen LogP contribution in [0, 0.1) is 5.41 Å². The Kier molecular flexibility index (Phi) is 8.19. The van der Waals surface area contributed by atoms with E-state index in [4.69, 9.17) is 4.99 Å². The molecule has 7 heteroatoms. The molecule has 1 aliphatic carbocycles. The lowest BCUT2D eigenvalue weighted by Gasteiger charge is -2.38. The highest BCUT2D eigenvalue weighted by atomic mass is 127. The van der Waals surface area contributed by atoms with Gasteiger partial charge in [-0.1, -0.05) is 12.5 Å². The van der Waals surface area contributed by atoms with E-state index < -0.39 is 0 Å². The van der Waals surface area contributed by atoms with Gasteiger partial charge in [-0.05, 0) is 56.2 Å². The van der Waals surface area contributed by atoms with Crippen molar-refractivity contribution in [2.45, 2.75) is 39.0 Å². The van der Waals surface area contributed by atoms with Gasteiger partial charge < -0.3 is 20.6 Å². The Morgan fingerprint density at radius 1 is 1.30 bits per heavy atom. The number of carbonyl (C=O) groups excluding carboxylic acids is 1. The average molecular weight is 486 g/mol. The molecule has 1 aromatic rings. The van der Waals surface area contributed by atoms with Crippen molar-refractivity contribution in [2.24, 2.45) is 10.4 Å². The largest absolute Gasteiger partial charge is 0.508 e.